The van der Waals surface area contributed by atoms with Crippen LogP contribution >= 0.6 is 31.9 Å². The van der Waals surface area contributed by atoms with E-state index < -0.39 is 18.1 Å². The SMILES string of the molecule is O=C(NC(Cc1cc(Br)nc(Br)c1)C(=O)O)OCC1c2ccccc2-c2ccccc21. The van der Waals surface area contributed by atoms with Gasteiger partial charge in [0.25, 0.3) is 0 Å². The van der Waals surface area contributed by atoms with Crippen LogP contribution in [0.3, 0.4) is 0 Å². The Kier molecular flexibility index (Phi) is 6.38. The van der Waals surface area contributed by atoms with E-state index >= 15 is 0 Å². The fourth-order valence-electron chi connectivity index (χ4n) is 3.85. The maximum Gasteiger partial charge on any atom is 0.407 e. The van der Waals surface area contributed by atoms with Crippen molar-refractivity contribution < 1.29 is 19.4 Å². The molecule has 31 heavy (non-hydrogen) atoms. The molecule has 0 bridgehead atoms. The summed E-state index contributed by atoms with van der Waals surface area (Å²) in [5.41, 5.74) is 5.16. The summed E-state index contributed by atoms with van der Waals surface area (Å²) in [5, 5.41) is 12.0. The topological polar surface area (TPSA) is 88.5 Å². The summed E-state index contributed by atoms with van der Waals surface area (Å²) < 4.78 is 6.60. The third kappa shape index (κ3) is 4.80. The Morgan fingerprint density at radius 3 is 2.10 bits per heavy atom. The number of pyridine rings is 1. The van der Waals surface area contributed by atoms with E-state index in [2.05, 4.69) is 54.3 Å². The number of aromatic nitrogens is 1. The number of hydrogen-bond acceptors (Lipinski definition) is 4. The van der Waals surface area contributed by atoms with Gasteiger partial charge in [-0.1, -0.05) is 48.5 Å². The molecule has 1 aliphatic rings. The maximum atomic E-state index is 12.4. The molecule has 0 spiro atoms. The lowest BCUT2D eigenvalue weighted by atomic mass is 9.98. The van der Waals surface area contributed by atoms with Crippen LogP contribution in [0, 0.1) is 0 Å². The van der Waals surface area contributed by atoms with Crippen LogP contribution in [0.5, 0.6) is 0 Å². The van der Waals surface area contributed by atoms with Crippen LogP contribution in [-0.4, -0.2) is 34.8 Å². The minimum absolute atomic E-state index is 0.0893. The first kappa shape index (κ1) is 21.5. The van der Waals surface area contributed by atoms with E-state index in [1.165, 1.54) is 0 Å². The van der Waals surface area contributed by atoms with E-state index in [0.29, 0.717) is 14.8 Å². The Hall–Kier alpha value is -2.71. The summed E-state index contributed by atoms with van der Waals surface area (Å²) >= 11 is 6.56. The average Bonchev–Trinajstić information content (AvgIpc) is 3.05. The summed E-state index contributed by atoms with van der Waals surface area (Å²) in [4.78, 5) is 28.3. The number of ether oxygens (including phenoxy) is 1. The molecular formula is C23H18Br2N2O4. The van der Waals surface area contributed by atoms with E-state index in [1.54, 1.807) is 12.1 Å². The fraction of sp³-hybridized carbons (Fsp3) is 0.174. The van der Waals surface area contributed by atoms with Crippen LogP contribution in [0.1, 0.15) is 22.6 Å². The number of nitrogens with zero attached hydrogens (tertiary/aromatic N) is 1. The van der Waals surface area contributed by atoms with E-state index in [-0.39, 0.29) is 18.9 Å². The Morgan fingerprint density at radius 2 is 1.55 bits per heavy atom. The molecule has 2 aromatic carbocycles. The molecule has 158 valence electrons. The van der Waals surface area contributed by atoms with Gasteiger partial charge in [-0.25, -0.2) is 14.6 Å². The smallest absolute Gasteiger partial charge is 0.407 e. The molecule has 1 amide bonds. The van der Waals surface area contributed by atoms with Crippen LogP contribution in [-0.2, 0) is 16.0 Å². The van der Waals surface area contributed by atoms with Crippen molar-refractivity contribution in [3.8, 4) is 11.1 Å². The molecule has 2 N–H and O–H groups in total. The highest BCUT2D eigenvalue weighted by Gasteiger charge is 2.29. The summed E-state index contributed by atoms with van der Waals surface area (Å²) in [7, 11) is 0. The molecule has 4 rings (SSSR count). The zero-order valence-electron chi connectivity index (χ0n) is 16.2. The zero-order chi connectivity index (χ0) is 22.0. The zero-order valence-corrected chi connectivity index (χ0v) is 19.4. The highest BCUT2D eigenvalue weighted by molar-refractivity contribution is 9.11. The number of aliphatic carboxylic acids is 1. The molecule has 1 aliphatic carbocycles. The number of carbonyl (C=O) groups is 2. The van der Waals surface area contributed by atoms with E-state index in [4.69, 9.17) is 4.74 Å². The minimum atomic E-state index is -1.14. The molecular weight excluding hydrogens is 528 g/mol. The first-order valence-corrected chi connectivity index (χ1v) is 11.2. The molecule has 0 saturated heterocycles. The largest absolute Gasteiger partial charge is 0.480 e. The van der Waals surface area contributed by atoms with Crippen LogP contribution in [0.4, 0.5) is 4.79 Å². The highest BCUT2D eigenvalue weighted by Crippen LogP contribution is 2.44. The van der Waals surface area contributed by atoms with Crippen molar-refractivity contribution in [2.75, 3.05) is 6.61 Å². The number of rotatable bonds is 6. The molecule has 1 aromatic heterocycles. The lowest BCUT2D eigenvalue weighted by molar-refractivity contribution is -0.139. The van der Waals surface area contributed by atoms with E-state index in [9.17, 15) is 14.7 Å². The van der Waals surface area contributed by atoms with Crippen LogP contribution in [0.25, 0.3) is 11.1 Å². The van der Waals surface area contributed by atoms with Crippen LogP contribution in [0.2, 0.25) is 0 Å². The maximum absolute atomic E-state index is 12.4. The van der Waals surface area contributed by atoms with E-state index in [0.717, 1.165) is 22.3 Å². The lowest BCUT2D eigenvalue weighted by Crippen LogP contribution is -2.42. The molecule has 6 nitrogen and oxygen atoms in total. The Bertz CT molecular complexity index is 1090. The van der Waals surface area contributed by atoms with Crippen LogP contribution < -0.4 is 5.32 Å². The Balaban J connectivity index is 1.44. The molecule has 8 heteroatoms. The minimum Gasteiger partial charge on any atom is -0.480 e. The standard InChI is InChI=1S/C23H18Br2N2O4/c24-20-10-13(11-21(25)27-20)9-19(22(28)29)26-23(30)31-12-18-16-7-3-1-5-14(16)15-6-2-4-8-17(15)18/h1-8,10-11,18-19H,9,12H2,(H,26,30)(H,28,29). The van der Waals surface area contributed by atoms with Gasteiger partial charge in [-0.05, 0) is 71.8 Å². The van der Waals surface area contributed by atoms with Gasteiger partial charge in [-0.2, -0.15) is 0 Å². The summed E-state index contributed by atoms with van der Waals surface area (Å²) in [6.07, 6.45) is -0.666. The molecule has 1 unspecified atom stereocenters. The van der Waals surface area contributed by atoms with E-state index in [1.807, 2.05) is 36.4 Å². The number of alkyl carbamates (subject to hydrolysis) is 1. The van der Waals surface area contributed by atoms with Gasteiger partial charge in [0.2, 0.25) is 0 Å². The number of amides is 1. The predicted octanol–water partition coefficient (Wildman–Crippen LogP) is 5.14. The van der Waals surface area contributed by atoms with Gasteiger partial charge in [-0.15, -0.1) is 0 Å². The number of halogens is 2. The number of carbonyl (C=O) groups excluding carboxylic acids is 1. The Labute approximate surface area is 195 Å². The lowest BCUT2D eigenvalue weighted by Gasteiger charge is -2.17. The molecule has 0 radical (unpaired) electrons. The van der Waals surface area contributed by atoms with Crippen molar-refractivity contribution >= 4 is 43.9 Å². The van der Waals surface area contributed by atoms with Crippen molar-refractivity contribution in [1.82, 2.24) is 10.3 Å². The summed E-state index contributed by atoms with van der Waals surface area (Å²) in [6.45, 7) is 0.124. The van der Waals surface area contributed by atoms with Gasteiger partial charge in [-0.3, -0.25) is 0 Å². The van der Waals surface area contributed by atoms with Crippen LogP contribution in [0.15, 0.2) is 69.9 Å². The van der Waals surface area contributed by atoms with Gasteiger partial charge in [0.15, 0.2) is 0 Å². The van der Waals surface area contributed by atoms with Crippen molar-refractivity contribution in [2.45, 2.75) is 18.4 Å². The number of nitrogens with one attached hydrogen (secondary N) is 1. The average molecular weight is 546 g/mol. The molecule has 1 atom stereocenters. The van der Waals surface area contributed by atoms with Crippen molar-refractivity contribution in [1.29, 1.82) is 0 Å². The van der Waals surface area contributed by atoms with Crippen molar-refractivity contribution in [3.05, 3.63) is 86.6 Å². The third-order valence-corrected chi connectivity index (χ3v) is 6.01. The molecule has 0 aliphatic heterocycles. The van der Waals surface area contributed by atoms with Gasteiger partial charge >= 0.3 is 12.1 Å². The van der Waals surface area contributed by atoms with Gasteiger partial charge in [0, 0.05) is 12.3 Å². The monoisotopic (exact) mass is 544 g/mol. The summed E-state index contributed by atoms with van der Waals surface area (Å²) in [6, 6.07) is 18.3. The molecule has 1 heterocycles. The molecule has 0 saturated carbocycles. The normalized spacial score (nSPS) is 13.2. The fourth-order valence-corrected chi connectivity index (χ4v) is 5.06. The predicted molar refractivity (Wildman–Crippen MR) is 123 cm³/mol. The highest BCUT2D eigenvalue weighted by atomic mass is 79.9. The third-order valence-electron chi connectivity index (χ3n) is 5.20. The first-order chi connectivity index (χ1) is 14.9. The second-order valence-electron chi connectivity index (χ2n) is 7.19. The second kappa shape index (κ2) is 9.20. The van der Waals surface area contributed by atoms with Gasteiger partial charge in [0.1, 0.15) is 21.9 Å². The number of fused-ring (bicyclic) bond motifs is 3. The number of hydrogen-bond donors (Lipinski definition) is 2. The molecule has 3 aromatic rings. The second-order valence-corrected chi connectivity index (χ2v) is 8.81. The molecule has 0 fully saturated rings. The summed E-state index contributed by atoms with van der Waals surface area (Å²) in [5.74, 6) is -1.23. The Morgan fingerprint density at radius 1 is 1.00 bits per heavy atom. The van der Waals surface area contributed by atoms with Gasteiger partial charge < -0.3 is 15.2 Å². The first-order valence-electron chi connectivity index (χ1n) is 9.58. The number of carboxylic acid groups (broad SMARTS) is 1. The number of benzene rings is 2. The quantitative estimate of drug-likeness (QED) is 0.419. The van der Waals surface area contributed by atoms with Crippen molar-refractivity contribution in [2.24, 2.45) is 0 Å². The van der Waals surface area contributed by atoms with Gasteiger partial charge in [0.05, 0.1) is 0 Å². The van der Waals surface area contributed by atoms with Crippen molar-refractivity contribution in [3.63, 3.8) is 0 Å². The number of carboxylic acids is 1.